The number of cyclic esters (lactones) is 1. The van der Waals surface area contributed by atoms with Gasteiger partial charge in [-0.2, -0.15) is 0 Å². The van der Waals surface area contributed by atoms with Crippen LogP contribution in [0.2, 0.25) is 0 Å². The van der Waals surface area contributed by atoms with Gasteiger partial charge in [0.25, 0.3) is 0 Å². The van der Waals surface area contributed by atoms with E-state index in [0.29, 0.717) is 0 Å². The van der Waals surface area contributed by atoms with Crippen molar-refractivity contribution >= 4 is 11.9 Å². The Hall–Kier alpha value is -2.40. The first-order valence-electron chi connectivity index (χ1n) is 9.90. The van der Waals surface area contributed by atoms with Crippen molar-refractivity contribution in [3.63, 3.8) is 0 Å². The lowest BCUT2D eigenvalue weighted by molar-refractivity contribution is -0.153. The maximum atomic E-state index is 12.0. The highest BCUT2D eigenvalue weighted by atomic mass is 16.6. The highest BCUT2D eigenvalue weighted by Crippen LogP contribution is 2.44. The first-order chi connectivity index (χ1) is 13.5. The minimum atomic E-state index is -0.983. The first-order valence-corrected chi connectivity index (χ1v) is 9.90. The average molecular weight is 403 g/mol. The van der Waals surface area contributed by atoms with Crippen LogP contribution in [0.4, 0.5) is 0 Å². The van der Waals surface area contributed by atoms with Crippen LogP contribution in [0.5, 0.6) is 0 Å². The second-order valence-electron chi connectivity index (χ2n) is 8.05. The summed E-state index contributed by atoms with van der Waals surface area (Å²) in [5.41, 5.74) is 2.08. The van der Waals surface area contributed by atoms with Crippen molar-refractivity contribution in [2.24, 2.45) is 17.3 Å². The molecule has 5 unspecified atom stereocenters. The van der Waals surface area contributed by atoms with Crippen molar-refractivity contribution < 1.29 is 24.5 Å². The van der Waals surface area contributed by atoms with Gasteiger partial charge >= 0.3 is 11.9 Å². The number of carbonyl (C=O) groups excluding carboxylic acids is 1. The summed E-state index contributed by atoms with van der Waals surface area (Å²) in [5, 5.41) is 19.5. The standard InChI is InChI=1S/C24H34O5/c1-8-16(3)20(25)17(4)14-15(2)12-10-9-11-13-24(7)19(6)23(28)29-21(24)18(5)22(26)27/h8-14,18-21,25H,1-7H3,(H,26,27). The number of carbonyl (C=O) groups is 2. The summed E-state index contributed by atoms with van der Waals surface area (Å²) in [6, 6.07) is 0. The SMILES string of the molecule is CC=C(C)C(O)C(C)=CC(C)=CC=CC=CC1(C)C(C)C(=O)OC1C(C)C(=O)O. The van der Waals surface area contributed by atoms with Crippen LogP contribution in [0.3, 0.4) is 0 Å². The van der Waals surface area contributed by atoms with Crippen LogP contribution in [0.1, 0.15) is 48.5 Å². The highest BCUT2D eigenvalue weighted by Gasteiger charge is 2.53. The largest absolute Gasteiger partial charge is 0.481 e. The molecule has 2 N–H and O–H groups in total. The van der Waals surface area contributed by atoms with Crippen LogP contribution in [0.25, 0.3) is 0 Å². The van der Waals surface area contributed by atoms with E-state index >= 15 is 0 Å². The van der Waals surface area contributed by atoms with Crippen LogP contribution in [0.15, 0.2) is 59.3 Å². The van der Waals surface area contributed by atoms with Crippen LogP contribution in [-0.2, 0) is 14.3 Å². The number of hydrogen-bond acceptors (Lipinski definition) is 4. The van der Waals surface area contributed by atoms with Crippen LogP contribution in [-0.4, -0.2) is 34.4 Å². The molecular weight excluding hydrogens is 368 g/mol. The number of ether oxygens (including phenoxy) is 1. The second kappa shape index (κ2) is 10.4. The molecule has 1 aliphatic rings. The van der Waals surface area contributed by atoms with Gasteiger partial charge in [-0.05, 0) is 45.8 Å². The van der Waals surface area contributed by atoms with Gasteiger partial charge < -0.3 is 14.9 Å². The lowest BCUT2D eigenvalue weighted by Gasteiger charge is -2.30. The van der Waals surface area contributed by atoms with E-state index in [0.717, 1.165) is 16.7 Å². The Balaban J connectivity index is 2.91. The lowest BCUT2D eigenvalue weighted by atomic mass is 9.72. The third-order valence-electron chi connectivity index (χ3n) is 5.80. The molecule has 1 fully saturated rings. The van der Waals surface area contributed by atoms with Crippen LogP contribution >= 0.6 is 0 Å². The number of hydrogen-bond donors (Lipinski definition) is 2. The van der Waals surface area contributed by atoms with Crippen molar-refractivity contribution in [1.29, 1.82) is 0 Å². The monoisotopic (exact) mass is 402 g/mol. The van der Waals surface area contributed by atoms with Crippen molar-refractivity contribution in [2.45, 2.75) is 60.7 Å². The van der Waals surface area contributed by atoms with Gasteiger partial charge in [0.2, 0.25) is 0 Å². The lowest BCUT2D eigenvalue weighted by Crippen LogP contribution is -2.38. The van der Waals surface area contributed by atoms with Crippen molar-refractivity contribution in [3.8, 4) is 0 Å². The molecule has 0 aromatic carbocycles. The zero-order valence-corrected chi connectivity index (χ0v) is 18.5. The van der Waals surface area contributed by atoms with E-state index in [1.807, 2.05) is 77.2 Å². The van der Waals surface area contributed by atoms with E-state index in [1.54, 1.807) is 13.8 Å². The molecular formula is C24H34O5. The maximum Gasteiger partial charge on any atom is 0.310 e. The average Bonchev–Trinajstić information content (AvgIpc) is 2.89. The quantitative estimate of drug-likeness (QED) is 0.352. The molecule has 0 aromatic heterocycles. The second-order valence-corrected chi connectivity index (χ2v) is 8.05. The molecule has 160 valence electrons. The zero-order valence-electron chi connectivity index (χ0n) is 18.5. The summed E-state index contributed by atoms with van der Waals surface area (Å²) in [6.45, 7) is 12.8. The molecule has 1 rings (SSSR count). The molecule has 5 heteroatoms. The molecule has 5 nitrogen and oxygen atoms in total. The van der Waals surface area contributed by atoms with E-state index in [2.05, 4.69) is 0 Å². The molecule has 0 radical (unpaired) electrons. The van der Waals surface area contributed by atoms with E-state index in [4.69, 9.17) is 4.74 Å². The maximum absolute atomic E-state index is 12.0. The van der Waals surface area contributed by atoms with E-state index in [-0.39, 0.29) is 5.97 Å². The zero-order chi connectivity index (χ0) is 22.4. The molecule has 0 amide bonds. The fraction of sp³-hybridized carbons (Fsp3) is 0.500. The molecule has 0 spiro atoms. The van der Waals surface area contributed by atoms with Gasteiger partial charge in [0.1, 0.15) is 6.10 Å². The number of carboxylic acid groups (broad SMARTS) is 1. The molecule has 1 aliphatic heterocycles. The number of aliphatic hydroxyl groups excluding tert-OH is 1. The third-order valence-corrected chi connectivity index (χ3v) is 5.80. The van der Waals surface area contributed by atoms with Crippen LogP contribution in [0, 0.1) is 17.3 Å². The van der Waals surface area contributed by atoms with Gasteiger partial charge in [-0.3, -0.25) is 9.59 Å². The first kappa shape index (κ1) is 24.6. The number of allylic oxidation sites excluding steroid dienone is 7. The number of aliphatic hydroxyl groups is 1. The Morgan fingerprint density at radius 1 is 1.17 bits per heavy atom. The topological polar surface area (TPSA) is 83.8 Å². The van der Waals surface area contributed by atoms with Gasteiger partial charge in [-0.15, -0.1) is 0 Å². The normalized spacial score (nSPS) is 28.8. The summed E-state index contributed by atoms with van der Waals surface area (Å²) in [4.78, 5) is 23.4. The minimum absolute atomic E-state index is 0.370. The van der Waals surface area contributed by atoms with Gasteiger partial charge in [-0.25, -0.2) is 0 Å². The predicted molar refractivity (Wildman–Crippen MR) is 115 cm³/mol. The molecule has 0 aromatic rings. The summed E-state index contributed by atoms with van der Waals surface area (Å²) in [6.07, 6.45) is 11.8. The Morgan fingerprint density at radius 2 is 1.79 bits per heavy atom. The molecule has 1 saturated heterocycles. The highest BCUT2D eigenvalue weighted by molar-refractivity contribution is 5.79. The van der Waals surface area contributed by atoms with Crippen molar-refractivity contribution in [3.05, 3.63) is 59.3 Å². The third kappa shape index (κ3) is 6.04. The summed E-state index contributed by atoms with van der Waals surface area (Å²) < 4.78 is 5.36. The molecule has 1 heterocycles. The molecule has 5 atom stereocenters. The Labute approximate surface area is 174 Å². The molecule has 0 bridgehead atoms. The Kier molecular flexibility index (Phi) is 8.83. The fourth-order valence-electron chi connectivity index (χ4n) is 3.40. The van der Waals surface area contributed by atoms with E-state index < -0.39 is 35.4 Å². The molecule has 0 saturated carbocycles. The number of esters is 1. The van der Waals surface area contributed by atoms with Crippen molar-refractivity contribution in [1.82, 2.24) is 0 Å². The Morgan fingerprint density at radius 3 is 2.34 bits per heavy atom. The van der Waals surface area contributed by atoms with E-state index in [1.165, 1.54) is 0 Å². The fourth-order valence-corrected chi connectivity index (χ4v) is 3.40. The van der Waals surface area contributed by atoms with Gasteiger partial charge in [0.05, 0.1) is 17.9 Å². The number of rotatable bonds is 8. The van der Waals surface area contributed by atoms with Crippen molar-refractivity contribution in [2.75, 3.05) is 0 Å². The summed E-state index contributed by atoms with van der Waals surface area (Å²) in [7, 11) is 0. The predicted octanol–water partition coefficient (Wildman–Crippen LogP) is 4.61. The molecule has 0 aliphatic carbocycles. The number of aliphatic carboxylic acids is 1. The van der Waals surface area contributed by atoms with Gasteiger partial charge in [-0.1, -0.05) is 62.0 Å². The minimum Gasteiger partial charge on any atom is -0.481 e. The Bertz CT molecular complexity index is 768. The van der Waals surface area contributed by atoms with Gasteiger partial charge in [0.15, 0.2) is 0 Å². The summed E-state index contributed by atoms with van der Waals surface area (Å²) in [5.74, 6) is -2.56. The molecule has 29 heavy (non-hydrogen) atoms. The van der Waals surface area contributed by atoms with Gasteiger partial charge in [0, 0.05) is 5.41 Å². The summed E-state index contributed by atoms with van der Waals surface area (Å²) >= 11 is 0. The van der Waals surface area contributed by atoms with Crippen LogP contribution < -0.4 is 0 Å². The number of carboxylic acids is 1. The van der Waals surface area contributed by atoms with E-state index in [9.17, 15) is 19.8 Å². The smallest absolute Gasteiger partial charge is 0.310 e.